The molecule has 3 aromatic rings. The fraction of sp³-hybridized carbons (Fsp3) is 0.316. The van der Waals surface area contributed by atoms with E-state index in [1.165, 1.54) is 35.4 Å². The van der Waals surface area contributed by atoms with Gasteiger partial charge in [0.25, 0.3) is 5.91 Å². The van der Waals surface area contributed by atoms with E-state index in [-0.39, 0.29) is 5.91 Å². The Balaban J connectivity index is 1.52. The van der Waals surface area contributed by atoms with E-state index in [2.05, 4.69) is 15.0 Å². The van der Waals surface area contributed by atoms with Crippen LogP contribution in [-0.2, 0) is 19.4 Å². The number of nitrogens with zero attached hydrogens (tertiary/aromatic N) is 3. The normalized spacial score (nSPS) is 13.4. The first-order chi connectivity index (χ1) is 12.3. The van der Waals surface area contributed by atoms with Gasteiger partial charge in [-0.25, -0.2) is 0 Å². The van der Waals surface area contributed by atoms with Crippen molar-refractivity contribution in [1.82, 2.24) is 20.1 Å². The summed E-state index contributed by atoms with van der Waals surface area (Å²) in [6.45, 7) is 1.28. The molecule has 0 unspecified atom stereocenters. The Hall–Kier alpha value is -2.47. The molecule has 128 valence electrons. The highest BCUT2D eigenvalue weighted by atomic mass is 32.1. The molecule has 1 aliphatic rings. The maximum absolute atomic E-state index is 12.1. The van der Waals surface area contributed by atoms with Gasteiger partial charge in [-0.15, -0.1) is 0 Å². The molecule has 1 amide bonds. The number of carbonyl (C=O) groups excluding carboxylic acids is 1. The second kappa shape index (κ2) is 7.19. The van der Waals surface area contributed by atoms with E-state index in [1.807, 2.05) is 41.4 Å². The zero-order chi connectivity index (χ0) is 17.1. The number of aromatic nitrogens is 3. The molecular formula is C19H20N4OS. The van der Waals surface area contributed by atoms with Crippen LogP contribution in [0.15, 0.2) is 41.4 Å². The zero-order valence-corrected chi connectivity index (χ0v) is 14.8. The molecule has 0 saturated carbocycles. The molecule has 1 aliphatic carbocycles. The SMILES string of the molecule is O=C(NCCn1nc(-c2ccncc2)c2c1CCCC2)c1ccsc1. The van der Waals surface area contributed by atoms with Crippen molar-refractivity contribution in [3.05, 3.63) is 58.2 Å². The summed E-state index contributed by atoms with van der Waals surface area (Å²) in [6, 6.07) is 5.87. The number of pyridine rings is 1. The highest BCUT2D eigenvalue weighted by molar-refractivity contribution is 7.08. The largest absolute Gasteiger partial charge is 0.350 e. The number of nitrogens with one attached hydrogen (secondary N) is 1. The first kappa shape index (κ1) is 16.0. The molecule has 3 heterocycles. The monoisotopic (exact) mass is 352 g/mol. The average Bonchev–Trinajstić information content (AvgIpc) is 3.31. The summed E-state index contributed by atoms with van der Waals surface area (Å²) in [6.07, 6.45) is 8.18. The maximum atomic E-state index is 12.1. The van der Waals surface area contributed by atoms with Crippen LogP contribution >= 0.6 is 11.3 Å². The minimum Gasteiger partial charge on any atom is -0.350 e. The summed E-state index contributed by atoms with van der Waals surface area (Å²) in [5.41, 5.74) is 5.60. The maximum Gasteiger partial charge on any atom is 0.252 e. The van der Waals surface area contributed by atoms with Gasteiger partial charge in [-0.3, -0.25) is 14.5 Å². The molecular weight excluding hydrogens is 332 g/mol. The Bertz CT molecular complexity index is 855. The highest BCUT2D eigenvalue weighted by Crippen LogP contribution is 2.30. The van der Waals surface area contributed by atoms with Crippen LogP contribution < -0.4 is 5.32 Å². The molecule has 1 N–H and O–H groups in total. The van der Waals surface area contributed by atoms with Crippen LogP contribution in [0.1, 0.15) is 34.5 Å². The van der Waals surface area contributed by atoms with E-state index in [0.717, 1.165) is 29.7 Å². The third-order valence-electron chi connectivity index (χ3n) is 4.60. The lowest BCUT2D eigenvalue weighted by atomic mass is 9.94. The first-order valence-electron chi connectivity index (χ1n) is 8.62. The van der Waals surface area contributed by atoms with Gasteiger partial charge in [0, 0.05) is 46.7 Å². The molecule has 0 bridgehead atoms. The van der Waals surface area contributed by atoms with Gasteiger partial charge < -0.3 is 5.32 Å². The van der Waals surface area contributed by atoms with Crippen molar-refractivity contribution < 1.29 is 4.79 Å². The van der Waals surface area contributed by atoms with E-state index >= 15 is 0 Å². The Labute approximate surface area is 150 Å². The number of thiophene rings is 1. The van der Waals surface area contributed by atoms with Crippen molar-refractivity contribution in [3.8, 4) is 11.3 Å². The lowest BCUT2D eigenvalue weighted by Crippen LogP contribution is -2.27. The summed E-state index contributed by atoms with van der Waals surface area (Å²) in [5.74, 6) is -0.0170. The number of hydrogen-bond acceptors (Lipinski definition) is 4. The minimum atomic E-state index is -0.0170. The Morgan fingerprint density at radius 2 is 2.04 bits per heavy atom. The molecule has 6 heteroatoms. The van der Waals surface area contributed by atoms with Crippen LogP contribution in [0.2, 0.25) is 0 Å². The number of amides is 1. The van der Waals surface area contributed by atoms with Crippen molar-refractivity contribution in [3.63, 3.8) is 0 Å². The topological polar surface area (TPSA) is 59.8 Å². The average molecular weight is 352 g/mol. The van der Waals surface area contributed by atoms with Gasteiger partial charge in [-0.05, 0) is 49.3 Å². The van der Waals surface area contributed by atoms with Gasteiger partial charge in [-0.2, -0.15) is 16.4 Å². The number of rotatable bonds is 5. The van der Waals surface area contributed by atoms with Crippen LogP contribution in [0.25, 0.3) is 11.3 Å². The molecule has 0 spiro atoms. The van der Waals surface area contributed by atoms with Crippen molar-refractivity contribution in [2.45, 2.75) is 32.2 Å². The number of fused-ring (bicyclic) bond motifs is 1. The lowest BCUT2D eigenvalue weighted by Gasteiger charge is -2.14. The van der Waals surface area contributed by atoms with Crippen LogP contribution in [0.4, 0.5) is 0 Å². The first-order valence-corrected chi connectivity index (χ1v) is 9.56. The molecule has 0 aromatic carbocycles. The molecule has 0 fully saturated rings. The molecule has 5 nitrogen and oxygen atoms in total. The van der Waals surface area contributed by atoms with Crippen LogP contribution in [0.5, 0.6) is 0 Å². The van der Waals surface area contributed by atoms with Gasteiger partial charge in [0.2, 0.25) is 0 Å². The van der Waals surface area contributed by atoms with Crippen LogP contribution in [-0.4, -0.2) is 27.2 Å². The van der Waals surface area contributed by atoms with Gasteiger partial charge in [0.1, 0.15) is 0 Å². The second-order valence-electron chi connectivity index (χ2n) is 6.21. The van der Waals surface area contributed by atoms with Crippen LogP contribution in [0.3, 0.4) is 0 Å². The fourth-order valence-electron chi connectivity index (χ4n) is 3.37. The van der Waals surface area contributed by atoms with E-state index in [9.17, 15) is 4.79 Å². The lowest BCUT2D eigenvalue weighted by molar-refractivity contribution is 0.0952. The van der Waals surface area contributed by atoms with Gasteiger partial charge in [0.05, 0.1) is 12.2 Å². The van der Waals surface area contributed by atoms with E-state index in [0.29, 0.717) is 13.1 Å². The van der Waals surface area contributed by atoms with Gasteiger partial charge in [0.15, 0.2) is 0 Å². The third kappa shape index (κ3) is 3.35. The summed E-state index contributed by atoms with van der Waals surface area (Å²) >= 11 is 1.53. The third-order valence-corrected chi connectivity index (χ3v) is 5.29. The van der Waals surface area contributed by atoms with Crippen molar-refractivity contribution >= 4 is 17.2 Å². The Morgan fingerprint density at radius 1 is 1.20 bits per heavy atom. The number of hydrogen-bond donors (Lipinski definition) is 1. The van der Waals surface area contributed by atoms with E-state index in [4.69, 9.17) is 5.10 Å². The Morgan fingerprint density at radius 3 is 2.84 bits per heavy atom. The summed E-state index contributed by atoms with van der Waals surface area (Å²) in [5, 5.41) is 11.6. The molecule has 0 aliphatic heterocycles. The molecule has 0 atom stereocenters. The standard InChI is InChI=1S/C19H20N4OS/c24-19(15-7-12-25-13-15)21-10-11-23-17-4-2-1-3-16(17)18(22-23)14-5-8-20-9-6-14/h5-9,12-13H,1-4,10-11H2,(H,21,24). The summed E-state index contributed by atoms with van der Waals surface area (Å²) < 4.78 is 2.08. The van der Waals surface area contributed by atoms with Crippen molar-refractivity contribution in [1.29, 1.82) is 0 Å². The van der Waals surface area contributed by atoms with Crippen molar-refractivity contribution in [2.75, 3.05) is 6.54 Å². The van der Waals surface area contributed by atoms with Gasteiger partial charge >= 0.3 is 0 Å². The number of carbonyl (C=O) groups is 1. The van der Waals surface area contributed by atoms with E-state index < -0.39 is 0 Å². The Kier molecular flexibility index (Phi) is 4.61. The summed E-state index contributed by atoms with van der Waals surface area (Å²) in [7, 11) is 0. The summed E-state index contributed by atoms with van der Waals surface area (Å²) in [4.78, 5) is 16.2. The van der Waals surface area contributed by atoms with Gasteiger partial charge in [-0.1, -0.05) is 0 Å². The highest BCUT2D eigenvalue weighted by Gasteiger charge is 2.21. The second-order valence-corrected chi connectivity index (χ2v) is 6.99. The minimum absolute atomic E-state index is 0.0170. The molecule has 3 aromatic heterocycles. The smallest absolute Gasteiger partial charge is 0.252 e. The zero-order valence-electron chi connectivity index (χ0n) is 13.9. The molecule has 0 radical (unpaired) electrons. The molecule has 25 heavy (non-hydrogen) atoms. The molecule has 0 saturated heterocycles. The fourth-order valence-corrected chi connectivity index (χ4v) is 4.00. The van der Waals surface area contributed by atoms with E-state index in [1.54, 1.807) is 0 Å². The van der Waals surface area contributed by atoms with Crippen molar-refractivity contribution in [2.24, 2.45) is 0 Å². The predicted octanol–water partition coefficient (Wildman–Crippen LogP) is 3.32. The predicted molar refractivity (Wildman–Crippen MR) is 98.8 cm³/mol. The van der Waals surface area contributed by atoms with Crippen LogP contribution in [0, 0.1) is 0 Å². The quantitative estimate of drug-likeness (QED) is 0.766. The molecule has 4 rings (SSSR count).